The molecule has 152 valence electrons. The number of carbonyl (C=O) groups excluding carboxylic acids is 1. The highest BCUT2D eigenvalue weighted by atomic mass is 79.9. The zero-order valence-electron chi connectivity index (χ0n) is 15.7. The van der Waals surface area contributed by atoms with Crippen LogP contribution < -0.4 is 24.9 Å². The van der Waals surface area contributed by atoms with Gasteiger partial charge >= 0.3 is 0 Å². The normalized spacial score (nSPS) is 11.6. The topological polar surface area (TPSA) is 94.8 Å². The monoisotopic (exact) mass is 486 g/mol. The third-order valence-corrected chi connectivity index (χ3v) is 5.60. The minimum atomic E-state index is -0.291. The van der Waals surface area contributed by atoms with Gasteiger partial charge in [0, 0.05) is 10.2 Å². The van der Waals surface area contributed by atoms with Crippen LogP contribution in [-0.4, -0.2) is 34.2 Å². The SMILES string of the molecule is COc1cc(/C=c2\sc3ncnn3c2=O)ccc1OCC(=O)Nc1ccc(Br)cc1. The number of carbonyl (C=O) groups is 1. The van der Waals surface area contributed by atoms with E-state index in [-0.39, 0.29) is 18.1 Å². The van der Waals surface area contributed by atoms with Gasteiger partial charge in [-0.2, -0.15) is 9.61 Å². The molecule has 4 aromatic rings. The number of halogens is 1. The summed E-state index contributed by atoms with van der Waals surface area (Å²) in [6, 6.07) is 12.5. The number of benzene rings is 2. The van der Waals surface area contributed by atoms with Crippen LogP contribution in [0.3, 0.4) is 0 Å². The van der Waals surface area contributed by atoms with Crippen LogP contribution in [-0.2, 0) is 4.79 Å². The first-order valence-electron chi connectivity index (χ1n) is 8.74. The standard InChI is InChI=1S/C20H15BrN4O4S/c1-28-16-8-12(9-17-19(27)25-20(30-17)22-11-23-25)2-7-15(16)29-10-18(26)24-14-5-3-13(21)4-6-14/h2-9,11H,10H2,1H3,(H,24,26)/b17-9-. The van der Waals surface area contributed by atoms with Crippen molar-refractivity contribution in [2.45, 2.75) is 0 Å². The van der Waals surface area contributed by atoms with E-state index in [1.807, 2.05) is 12.1 Å². The van der Waals surface area contributed by atoms with Crippen molar-refractivity contribution in [1.29, 1.82) is 0 Å². The van der Waals surface area contributed by atoms with Crippen molar-refractivity contribution < 1.29 is 14.3 Å². The maximum atomic E-state index is 12.3. The fourth-order valence-corrected chi connectivity index (χ4v) is 3.84. The van der Waals surface area contributed by atoms with Crippen molar-refractivity contribution in [2.24, 2.45) is 0 Å². The number of anilines is 1. The van der Waals surface area contributed by atoms with E-state index in [9.17, 15) is 9.59 Å². The maximum absolute atomic E-state index is 12.3. The van der Waals surface area contributed by atoms with Crippen LogP contribution in [0, 0.1) is 0 Å². The molecular formula is C20H15BrN4O4S. The first kappa shape index (κ1) is 20.0. The van der Waals surface area contributed by atoms with E-state index >= 15 is 0 Å². The molecule has 0 aliphatic rings. The van der Waals surface area contributed by atoms with Crippen molar-refractivity contribution in [1.82, 2.24) is 14.6 Å². The number of hydrogen-bond donors (Lipinski definition) is 1. The molecule has 0 unspecified atom stereocenters. The van der Waals surface area contributed by atoms with Crippen LogP contribution in [0.25, 0.3) is 11.0 Å². The Morgan fingerprint density at radius 1 is 1.23 bits per heavy atom. The van der Waals surface area contributed by atoms with E-state index in [0.29, 0.717) is 26.7 Å². The van der Waals surface area contributed by atoms with Gasteiger partial charge in [-0.3, -0.25) is 9.59 Å². The summed E-state index contributed by atoms with van der Waals surface area (Å²) in [5.41, 5.74) is 1.20. The lowest BCUT2D eigenvalue weighted by molar-refractivity contribution is -0.118. The van der Waals surface area contributed by atoms with Gasteiger partial charge in [-0.1, -0.05) is 33.3 Å². The third-order valence-electron chi connectivity index (χ3n) is 4.09. The quantitative estimate of drug-likeness (QED) is 0.449. The van der Waals surface area contributed by atoms with Gasteiger partial charge in [-0.05, 0) is 48.0 Å². The van der Waals surface area contributed by atoms with Crippen LogP contribution in [0.1, 0.15) is 5.56 Å². The Balaban J connectivity index is 1.48. The molecule has 0 saturated heterocycles. The van der Waals surface area contributed by atoms with E-state index in [0.717, 1.165) is 10.0 Å². The Morgan fingerprint density at radius 2 is 2.03 bits per heavy atom. The first-order chi connectivity index (χ1) is 14.5. The highest BCUT2D eigenvalue weighted by molar-refractivity contribution is 9.10. The predicted molar refractivity (Wildman–Crippen MR) is 117 cm³/mol. The molecule has 4 rings (SSSR count). The highest BCUT2D eigenvalue weighted by Crippen LogP contribution is 2.28. The second kappa shape index (κ2) is 8.64. The zero-order chi connectivity index (χ0) is 21.1. The van der Waals surface area contributed by atoms with Crippen molar-refractivity contribution in [3.8, 4) is 11.5 Å². The number of fused-ring (bicyclic) bond motifs is 1. The van der Waals surface area contributed by atoms with Gasteiger partial charge in [0.25, 0.3) is 11.5 Å². The van der Waals surface area contributed by atoms with Gasteiger partial charge in [0.2, 0.25) is 4.96 Å². The molecule has 0 atom stereocenters. The number of methoxy groups -OCH3 is 1. The fourth-order valence-electron chi connectivity index (χ4n) is 2.70. The van der Waals surface area contributed by atoms with Crippen LogP contribution >= 0.6 is 27.3 Å². The summed E-state index contributed by atoms with van der Waals surface area (Å²) in [7, 11) is 1.51. The van der Waals surface area contributed by atoms with E-state index in [4.69, 9.17) is 9.47 Å². The summed E-state index contributed by atoms with van der Waals surface area (Å²) in [6.45, 7) is -0.173. The Labute approximate surface area is 182 Å². The maximum Gasteiger partial charge on any atom is 0.291 e. The van der Waals surface area contributed by atoms with Crippen molar-refractivity contribution in [3.05, 3.63) is 73.7 Å². The van der Waals surface area contributed by atoms with Gasteiger partial charge in [-0.15, -0.1) is 0 Å². The first-order valence-corrected chi connectivity index (χ1v) is 10.3. The Morgan fingerprint density at radius 3 is 2.77 bits per heavy atom. The average molecular weight is 487 g/mol. The molecule has 2 aromatic heterocycles. The number of hydrogen-bond acceptors (Lipinski definition) is 7. The second-order valence-corrected chi connectivity index (χ2v) is 8.05. The number of rotatable bonds is 6. The summed E-state index contributed by atoms with van der Waals surface area (Å²) in [6.07, 6.45) is 3.08. The number of nitrogens with zero attached hydrogens (tertiary/aromatic N) is 3. The summed E-state index contributed by atoms with van der Waals surface area (Å²) >= 11 is 4.60. The number of amides is 1. The summed E-state index contributed by atoms with van der Waals surface area (Å²) in [5, 5.41) is 6.66. The zero-order valence-corrected chi connectivity index (χ0v) is 18.1. The lowest BCUT2D eigenvalue weighted by Crippen LogP contribution is -2.23. The van der Waals surface area contributed by atoms with Crippen molar-refractivity contribution >= 4 is 49.9 Å². The van der Waals surface area contributed by atoms with Crippen molar-refractivity contribution in [3.63, 3.8) is 0 Å². The molecule has 8 nitrogen and oxygen atoms in total. The lowest BCUT2D eigenvalue weighted by atomic mass is 10.2. The van der Waals surface area contributed by atoms with E-state index in [2.05, 4.69) is 31.3 Å². The Hall–Kier alpha value is -3.24. The van der Waals surface area contributed by atoms with Gasteiger partial charge in [0.05, 0.1) is 11.6 Å². The molecule has 1 N–H and O–H groups in total. The molecule has 10 heteroatoms. The van der Waals surface area contributed by atoms with E-state index in [1.165, 1.54) is 29.3 Å². The molecule has 1 amide bonds. The molecule has 0 saturated carbocycles. The van der Waals surface area contributed by atoms with Crippen LogP contribution in [0.4, 0.5) is 5.69 Å². The predicted octanol–water partition coefficient (Wildman–Crippen LogP) is 2.49. The van der Waals surface area contributed by atoms with Gasteiger partial charge in [0.15, 0.2) is 18.1 Å². The Bertz CT molecular complexity index is 1320. The molecule has 0 fully saturated rings. The molecule has 2 heterocycles. The minimum Gasteiger partial charge on any atom is -0.493 e. The average Bonchev–Trinajstić information content (AvgIpc) is 3.32. The van der Waals surface area contributed by atoms with Gasteiger partial charge < -0.3 is 14.8 Å². The van der Waals surface area contributed by atoms with E-state index < -0.39 is 0 Å². The van der Waals surface area contributed by atoms with Crippen LogP contribution in [0.15, 0.2) is 58.1 Å². The van der Waals surface area contributed by atoms with Gasteiger partial charge in [0.1, 0.15) is 6.33 Å². The van der Waals surface area contributed by atoms with Crippen LogP contribution in [0.5, 0.6) is 11.5 Å². The molecule has 0 bridgehead atoms. The Kier molecular flexibility index (Phi) is 5.77. The van der Waals surface area contributed by atoms with E-state index in [1.54, 1.807) is 36.4 Å². The van der Waals surface area contributed by atoms with Crippen molar-refractivity contribution in [2.75, 3.05) is 19.0 Å². The molecule has 0 aliphatic carbocycles. The largest absolute Gasteiger partial charge is 0.493 e. The summed E-state index contributed by atoms with van der Waals surface area (Å²) in [4.78, 5) is 29.0. The fraction of sp³-hybridized carbons (Fsp3) is 0.100. The summed E-state index contributed by atoms with van der Waals surface area (Å²) < 4.78 is 13.7. The van der Waals surface area contributed by atoms with Gasteiger partial charge in [-0.25, -0.2) is 4.98 Å². The number of nitrogens with one attached hydrogen (secondary N) is 1. The number of thiazole rings is 1. The van der Waals surface area contributed by atoms with Crippen LogP contribution in [0.2, 0.25) is 0 Å². The minimum absolute atomic E-state index is 0.173. The smallest absolute Gasteiger partial charge is 0.291 e. The molecule has 0 aliphatic heterocycles. The number of aromatic nitrogens is 3. The molecular weight excluding hydrogens is 472 g/mol. The molecule has 0 radical (unpaired) electrons. The molecule has 2 aromatic carbocycles. The lowest BCUT2D eigenvalue weighted by Gasteiger charge is -2.11. The third kappa shape index (κ3) is 4.34. The molecule has 30 heavy (non-hydrogen) atoms. The molecule has 0 spiro atoms. The highest BCUT2D eigenvalue weighted by Gasteiger charge is 2.10. The summed E-state index contributed by atoms with van der Waals surface area (Å²) in [5.74, 6) is 0.582. The number of ether oxygens (including phenoxy) is 2. The second-order valence-electron chi connectivity index (χ2n) is 6.12.